The van der Waals surface area contributed by atoms with Gasteiger partial charge in [-0.2, -0.15) is 0 Å². The Morgan fingerprint density at radius 2 is 1.71 bits per heavy atom. The molecule has 1 atom stereocenters. The minimum Gasteiger partial charge on any atom is -0.494 e. The number of rotatable bonds is 12. The number of carbonyl (C=O) groups excluding carboxylic acids is 2. The molecule has 0 saturated carbocycles. The molecule has 0 unspecified atom stereocenters. The third-order valence-electron chi connectivity index (χ3n) is 5.76. The van der Waals surface area contributed by atoms with E-state index in [1.165, 1.54) is 11.1 Å². The molecule has 6 heteroatoms. The summed E-state index contributed by atoms with van der Waals surface area (Å²) in [6.45, 7) is 12.9. The summed E-state index contributed by atoms with van der Waals surface area (Å²) < 4.78 is 17.0. The van der Waals surface area contributed by atoms with E-state index < -0.39 is 5.60 Å². The zero-order valence-electron chi connectivity index (χ0n) is 22.1. The largest absolute Gasteiger partial charge is 0.494 e. The minimum atomic E-state index is -0.599. The number of carbonyl (C=O) groups is 2. The van der Waals surface area contributed by atoms with Crippen molar-refractivity contribution < 1.29 is 23.8 Å². The van der Waals surface area contributed by atoms with E-state index in [1.54, 1.807) is 4.90 Å². The standard InChI is InChI=1S/C29H41NO5/c1-7-25(17-19-33-26-16-15-22(2)23(3)20-26)30(28(32)35-29(4,5)6)18-11-14-27(31)34-21-24-12-9-8-10-13-24/h8-10,12-13,15-16,20,25H,7,11,14,17-19,21H2,1-6H3/t25-/m0/s1. The maximum atomic E-state index is 13.0. The summed E-state index contributed by atoms with van der Waals surface area (Å²) in [4.78, 5) is 27.0. The van der Waals surface area contributed by atoms with Crippen LogP contribution in [0.2, 0.25) is 0 Å². The molecule has 0 fully saturated rings. The van der Waals surface area contributed by atoms with Gasteiger partial charge >= 0.3 is 12.1 Å². The van der Waals surface area contributed by atoms with E-state index in [0.717, 1.165) is 17.7 Å². The third-order valence-corrected chi connectivity index (χ3v) is 5.76. The van der Waals surface area contributed by atoms with Crippen molar-refractivity contribution in [3.8, 4) is 5.75 Å². The molecule has 0 heterocycles. The number of amides is 1. The van der Waals surface area contributed by atoms with Gasteiger partial charge in [-0.05, 0) is 76.3 Å². The predicted molar refractivity (Wildman–Crippen MR) is 139 cm³/mol. The van der Waals surface area contributed by atoms with Gasteiger partial charge in [0.1, 0.15) is 18.0 Å². The summed E-state index contributed by atoms with van der Waals surface area (Å²) in [7, 11) is 0. The molecular weight excluding hydrogens is 442 g/mol. The summed E-state index contributed by atoms with van der Waals surface area (Å²) in [5.41, 5.74) is 2.76. The van der Waals surface area contributed by atoms with E-state index in [2.05, 4.69) is 13.8 Å². The lowest BCUT2D eigenvalue weighted by Crippen LogP contribution is -2.44. The van der Waals surface area contributed by atoms with E-state index >= 15 is 0 Å². The molecule has 192 valence electrons. The van der Waals surface area contributed by atoms with E-state index in [-0.39, 0.29) is 31.1 Å². The van der Waals surface area contributed by atoms with Gasteiger partial charge in [-0.15, -0.1) is 0 Å². The molecule has 0 spiro atoms. The Balaban J connectivity index is 1.92. The van der Waals surface area contributed by atoms with Gasteiger partial charge in [-0.3, -0.25) is 4.79 Å². The smallest absolute Gasteiger partial charge is 0.410 e. The van der Waals surface area contributed by atoms with Crippen LogP contribution in [0.15, 0.2) is 48.5 Å². The summed E-state index contributed by atoms with van der Waals surface area (Å²) in [5.74, 6) is 0.553. The molecule has 0 saturated heterocycles. The zero-order chi connectivity index (χ0) is 25.8. The zero-order valence-corrected chi connectivity index (χ0v) is 22.1. The summed E-state index contributed by atoms with van der Waals surface area (Å²) >= 11 is 0. The normalized spacial score (nSPS) is 12.1. The fraction of sp³-hybridized carbons (Fsp3) is 0.517. The van der Waals surface area contributed by atoms with E-state index in [9.17, 15) is 9.59 Å². The van der Waals surface area contributed by atoms with Gasteiger partial charge in [0.2, 0.25) is 0 Å². The van der Waals surface area contributed by atoms with Crippen LogP contribution in [0.1, 0.15) is 70.1 Å². The fourth-order valence-corrected chi connectivity index (χ4v) is 3.64. The summed E-state index contributed by atoms with van der Waals surface area (Å²) in [5, 5.41) is 0. The van der Waals surface area contributed by atoms with Crippen molar-refractivity contribution in [3.05, 3.63) is 65.2 Å². The van der Waals surface area contributed by atoms with Crippen LogP contribution >= 0.6 is 0 Å². The Labute approximate surface area is 210 Å². The minimum absolute atomic E-state index is 0.0586. The van der Waals surface area contributed by atoms with Crippen LogP contribution in [-0.2, 0) is 20.9 Å². The van der Waals surface area contributed by atoms with Crippen molar-refractivity contribution in [3.63, 3.8) is 0 Å². The van der Waals surface area contributed by atoms with Gasteiger partial charge in [0.25, 0.3) is 0 Å². The highest BCUT2D eigenvalue weighted by molar-refractivity contribution is 5.70. The molecule has 35 heavy (non-hydrogen) atoms. The number of aryl methyl sites for hydroxylation is 2. The van der Waals surface area contributed by atoms with Crippen LogP contribution in [0, 0.1) is 13.8 Å². The number of nitrogens with zero attached hydrogens (tertiary/aromatic N) is 1. The van der Waals surface area contributed by atoms with Crippen molar-refractivity contribution >= 4 is 12.1 Å². The Bertz CT molecular complexity index is 936. The molecule has 0 bridgehead atoms. The molecule has 6 nitrogen and oxygen atoms in total. The van der Waals surface area contributed by atoms with Gasteiger partial charge in [0, 0.05) is 25.4 Å². The Morgan fingerprint density at radius 1 is 1.00 bits per heavy atom. The van der Waals surface area contributed by atoms with Crippen LogP contribution < -0.4 is 4.74 Å². The molecule has 2 aromatic rings. The maximum Gasteiger partial charge on any atom is 0.410 e. The molecule has 0 radical (unpaired) electrons. The lowest BCUT2D eigenvalue weighted by atomic mass is 10.1. The van der Waals surface area contributed by atoms with E-state index in [1.807, 2.05) is 76.2 Å². The molecule has 0 aliphatic heterocycles. The summed E-state index contributed by atoms with van der Waals surface area (Å²) in [6.07, 6.45) is 1.80. The second-order valence-electron chi connectivity index (χ2n) is 9.87. The molecule has 0 aromatic heterocycles. The second-order valence-corrected chi connectivity index (χ2v) is 9.87. The third kappa shape index (κ3) is 10.4. The number of esters is 1. The maximum absolute atomic E-state index is 13.0. The van der Waals surface area contributed by atoms with Gasteiger partial charge in [-0.25, -0.2) is 4.79 Å². The predicted octanol–water partition coefficient (Wildman–Crippen LogP) is 6.61. The molecule has 0 aliphatic rings. The van der Waals surface area contributed by atoms with Crippen molar-refractivity contribution in [2.24, 2.45) is 0 Å². The topological polar surface area (TPSA) is 65.1 Å². The molecule has 2 rings (SSSR count). The van der Waals surface area contributed by atoms with Crippen LogP contribution in [0.4, 0.5) is 4.79 Å². The van der Waals surface area contributed by atoms with Gasteiger partial charge in [-0.1, -0.05) is 43.3 Å². The summed E-state index contributed by atoms with van der Waals surface area (Å²) in [6, 6.07) is 15.6. The lowest BCUT2D eigenvalue weighted by molar-refractivity contribution is -0.145. The number of hydrogen-bond acceptors (Lipinski definition) is 5. The van der Waals surface area contributed by atoms with Crippen molar-refractivity contribution in [1.82, 2.24) is 4.90 Å². The molecule has 0 N–H and O–H groups in total. The van der Waals surface area contributed by atoms with Crippen LogP contribution in [0.5, 0.6) is 5.75 Å². The van der Waals surface area contributed by atoms with Crippen LogP contribution in [0.3, 0.4) is 0 Å². The highest BCUT2D eigenvalue weighted by atomic mass is 16.6. The highest BCUT2D eigenvalue weighted by Gasteiger charge is 2.27. The molecule has 2 aromatic carbocycles. The molecule has 1 amide bonds. The molecular formula is C29H41NO5. The lowest BCUT2D eigenvalue weighted by Gasteiger charge is -2.33. The SMILES string of the molecule is CC[C@@H](CCOc1ccc(C)c(C)c1)N(CCCC(=O)OCc1ccccc1)C(=O)OC(C)(C)C. The monoisotopic (exact) mass is 483 g/mol. The first-order valence-corrected chi connectivity index (χ1v) is 12.5. The van der Waals surface area contributed by atoms with Gasteiger partial charge in [0.15, 0.2) is 0 Å². The quantitative estimate of drug-likeness (QED) is 0.318. The first-order chi connectivity index (χ1) is 16.6. The van der Waals surface area contributed by atoms with Crippen molar-refractivity contribution in [2.75, 3.05) is 13.2 Å². The Morgan fingerprint density at radius 3 is 2.34 bits per heavy atom. The van der Waals surface area contributed by atoms with Crippen LogP contribution in [0.25, 0.3) is 0 Å². The van der Waals surface area contributed by atoms with E-state index in [0.29, 0.717) is 26.0 Å². The fourth-order valence-electron chi connectivity index (χ4n) is 3.64. The average Bonchev–Trinajstić information content (AvgIpc) is 2.80. The van der Waals surface area contributed by atoms with Crippen molar-refractivity contribution in [2.45, 2.75) is 85.5 Å². The Kier molecular flexibility index (Phi) is 11.1. The first-order valence-electron chi connectivity index (χ1n) is 12.5. The number of hydrogen-bond donors (Lipinski definition) is 0. The second kappa shape index (κ2) is 13.8. The average molecular weight is 484 g/mol. The van der Waals surface area contributed by atoms with Gasteiger partial charge in [0.05, 0.1) is 6.61 Å². The molecule has 0 aliphatic carbocycles. The van der Waals surface area contributed by atoms with Crippen molar-refractivity contribution in [1.29, 1.82) is 0 Å². The van der Waals surface area contributed by atoms with Crippen LogP contribution in [-0.4, -0.2) is 41.8 Å². The first kappa shape index (κ1) is 28.2. The Hall–Kier alpha value is -3.02. The highest BCUT2D eigenvalue weighted by Crippen LogP contribution is 2.20. The number of ether oxygens (including phenoxy) is 3. The number of benzene rings is 2. The van der Waals surface area contributed by atoms with E-state index in [4.69, 9.17) is 14.2 Å². The van der Waals surface area contributed by atoms with Gasteiger partial charge < -0.3 is 19.1 Å².